The van der Waals surface area contributed by atoms with Gasteiger partial charge in [0, 0.05) is 9.92 Å². The summed E-state index contributed by atoms with van der Waals surface area (Å²) in [6, 6.07) is 7.97. The Bertz CT molecular complexity index is 606. The van der Waals surface area contributed by atoms with Gasteiger partial charge in [-0.3, -0.25) is 4.21 Å². The van der Waals surface area contributed by atoms with Crippen LogP contribution in [0.15, 0.2) is 45.9 Å². The first-order valence-electron chi connectivity index (χ1n) is 5.01. The third kappa shape index (κ3) is 2.80. The monoisotopic (exact) mass is 284 g/mol. The Kier molecular flexibility index (Phi) is 3.84. The molecule has 1 atom stereocenters. The molecule has 6 heteroatoms. The van der Waals surface area contributed by atoms with E-state index in [-0.39, 0.29) is 17.1 Å². The molecule has 0 aliphatic carbocycles. The minimum Gasteiger partial charge on any atom is -0.478 e. The molecule has 0 bridgehead atoms. The van der Waals surface area contributed by atoms with E-state index in [2.05, 4.69) is 0 Å². The Hall–Kier alpha value is -1.59. The van der Waals surface area contributed by atoms with Gasteiger partial charge in [-0.1, -0.05) is 17.7 Å². The molecule has 2 aromatic rings. The zero-order chi connectivity index (χ0) is 13.1. The molecule has 1 aromatic heterocycles. The molecular weight excluding hydrogens is 276 g/mol. The highest BCUT2D eigenvalue weighted by Gasteiger charge is 2.16. The lowest BCUT2D eigenvalue weighted by Gasteiger charge is -2.02. The van der Waals surface area contributed by atoms with E-state index in [1.807, 2.05) is 0 Å². The molecule has 1 N–H and O–H groups in total. The van der Waals surface area contributed by atoms with Crippen molar-refractivity contribution in [1.82, 2.24) is 0 Å². The van der Waals surface area contributed by atoms with E-state index in [1.54, 1.807) is 24.3 Å². The number of hydrogen-bond acceptors (Lipinski definition) is 3. The molecule has 0 aliphatic rings. The Morgan fingerprint density at radius 1 is 1.39 bits per heavy atom. The summed E-state index contributed by atoms with van der Waals surface area (Å²) in [7, 11) is -1.39. The summed E-state index contributed by atoms with van der Waals surface area (Å²) in [5, 5.41) is 9.39. The fraction of sp³-hybridized carbons (Fsp3) is 0.0833. The number of carboxylic acid groups (broad SMARTS) is 1. The summed E-state index contributed by atoms with van der Waals surface area (Å²) in [6.45, 7) is 0. The van der Waals surface area contributed by atoms with Crippen LogP contribution in [0.2, 0.25) is 5.02 Å². The number of aromatic carboxylic acids is 1. The molecule has 4 nitrogen and oxygen atoms in total. The topological polar surface area (TPSA) is 67.5 Å². The largest absolute Gasteiger partial charge is 0.478 e. The van der Waals surface area contributed by atoms with Crippen molar-refractivity contribution in [2.45, 2.75) is 10.6 Å². The number of carboxylic acids is 1. The highest BCUT2D eigenvalue weighted by atomic mass is 35.5. The van der Waals surface area contributed by atoms with E-state index in [9.17, 15) is 9.00 Å². The molecule has 0 saturated heterocycles. The fourth-order valence-corrected chi connectivity index (χ4v) is 2.83. The number of carbonyl (C=O) groups is 1. The summed E-state index contributed by atoms with van der Waals surface area (Å²) >= 11 is 5.80. The Morgan fingerprint density at radius 2 is 2.17 bits per heavy atom. The molecule has 2 rings (SSSR count). The van der Waals surface area contributed by atoms with Gasteiger partial charge in [-0.05, 0) is 24.3 Å². The standard InChI is InChI=1S/C12H9ClO4S/c13-8-2-1-3-9(6-8)18(16)7-11-10(12(14)15)4-5-17-11/h1-6H,7H2,(H,14,15). The fourth-order valence-electron chi connectivity index (χ4n) is 1.45. The highest BCUT2D eigenvalue weighted by molar-refractivity contribution is 7.84. The maximum Gasteiger partial charge on any atom is 0.339 e. The van der Waals surface area contributed by atoms with E-state index < -0.39 is 16.8 Å². The normalized spacial score (nSPS) is 12.3. The van der Waals surface area contributed by atoms with E-state index in [0.29, 0.717) is 9.92 Å². The molecule has 18 heavy (non-hydrogen) atoms. The zero-order valence-electron chi connectivity index (χ0n) is 9.13. The molecule has 0 saturated carbocycles. The second-order valence-corrected chi connectivity index (χ2v) is 5.40. The molecule has 0 radical (unpaired) electrons. The number of halogens is 1. The van der Waals surface area contributed by atoms with Crippen LogP contribution in [-0.2, 0) is 16.6 Å². The van der Waals surface area contributed by atoms with Crippen LogP contribution in [0.25, 0.3) is 0 Å². The van der Waals surface area contributed by atoms with Gasteiger partial charge in [0.2, 0.25) is 0 Å². The van der Waals surface area contributed by atoms with E-state index >= 15 is 0 Å². The van der Waals surface area contributed by atoms with Crippen molar-refractivity contribution in [2.24, 2.45) is 0 Å². The van der Waals surface area contributed by atoms with Crippen LogP contribution in [0.5, 0.6) is 0 Å². The van der Waals surface area contributed by atoms with E-state index in [1.165, 1.54) is 12.3 Å². The van der Waals surface area contributed by atoms with Gasteiger partial charge in [-0.25, -0.2) is 4.79 Å². The third-order valence-electron chi connectivity index (χ3n) is 2.30. The smallest absolute Gasteiger partial charge is 0.339 e. The van der Waals surface area contributed by atoms with Crippen LogP contribution in [0, 0.1) is 0 Å². The Labute approximate surface area is 111 Å². The quantitative estimate of drug-likeness (QED) is 0.937. The molecular formula is C12H9ClO4S. The van der Waals surface area contributed by atoms with Crippen LogP contribution in [-0.4, -0.2) is 15.3 Å². The number of hydrogen-bond donors (Lipinski definition) is 1. The molecule has 0 aliphatic heterocycles. The maximum absolute atomic E-state index is 12.0. The summed E-state index contributed by atoms with van der Waals surface area (Å²) in [6.07, 6.45) is 1.27. The minimum absolute atomic E-state index is 0.00890. The lowest BCUT2D eigenvalue weighted by atomic mass is 10.3. The van der Waals surface area contributed by atoms with Crippen LogP contribution >= 0.6 is 11.6 Å². The average molecular weight is 285 g/mol. The maximum atomic E-state index is 12.0. The summed E-state index contributed by atoms with van der Waals surface area (Å²) in [4.78, 5) is 11.4. The van der Waals surface area contributed by atoms with Crippen molar-refractivity contribution in [3.05, 3.63) is 52.9 Å². The van der Waals surface area contributed by atoms with Crippen LogP contribution in [0.4, 0.5) is 0 Å². The Morgan fingerprint density at radius 3 is 2.83 bits per heavy atom. The predicted octanol–water partition coefficient (Wildman–Crippen LogP) is 2.94. The Balaban J connectivity index is 2.21. The average Bonchev–Trinajstić information content (AvgIpc) is 2.77. The number of rotatable bonds is 4. The second-order valence-electron chi connectivity index (χ2n) is 3.51. The summed E-state index contributed by atoms with van der Waals surface area (Å²) < 4.78 is 17.1. The molecule has 0 spiro atoms. The lowest BCUT2D eigenvalue weighted by molar-refractivity contribution is 0.0695. The van der Waals surface area contributed by atoms with Crippen molar-refractivity contribution < 1.29 is 18.5 Å². The predicted molar refractivity (Wildman–Crippen MR) is 67.2 cm³/mol. The highest BCUT2D eigenvalue weighted by Crippen LogP contribution is 2.19. The number of furan rings is 1. The third-order valence-corrected chi connectivity index (χ3v) is 3.84. The molecule has 0 fully saturated rings. The van der Waals surface area contributed by atoms with Crippen molar-refractivity contribution in [3.63, 3.8) is 0 Å². The lowest BCUT2D eigenvalue weighted by Crippen LogP contribution is -2.02. The molecule has 1 aromatic carbocycles. The molecule has 1 unspecified atom stereocenters. The van der Waals surface area contributed by atoms with E-state index in [4.69, 9.17) is 21.1 Å². The SMILES string of the molecule is O=C(O)c1ccoc1CS(=O)c1cccc(Cl)c1. The van der Waals surface area contributed by atoms with Gasteiger partial charge in [0.1, 0.15) is 11.3 Å². The minimum atomic E-state index is -1.39. The van der Waals surface area contributed by atoms with Crippen molar-refractivity contribution >= 4 is 28.4 Å². The van der Waals surface area contributed by atoms with Crippen LogP contribution < -0.4 is 0 Å². The zero-order valence-corrected chi connectivity index (χ0v) is 10.7. The van der Waals surface area contributed by atoms with Crippen molar-refractivity contribution in [1.29, 1.82) is 0 Å². The van der Waals surface area contributed by atoms with Gasteiger partial charge < -0.3 is 9.52 Å². The van der Waals surface area contributed by atoms with Crippen molar-refractivity contribution in [2.75, 3.05) is 0 Å². The second kappa shape index (κ2) is 5.37. The van der Waals surface area contributed by atoms with E-state index in [0.717, 1.165) is 0 Å². The summed E-state index contributed by atoms with van der Waals surface area (Å²) in [5.74, 6) is -0.891. The van der Waals surface area contributed by atoms with Crippen molar-refractivity contribution in [3.8, 4) is 0 Å². The van der Waals surface area contributed by atoms with Gasteiger partial charge in [0.15, 0.2) is 0 Å². The first-order chi connectivity index (χ1) is 8.58. The number of benzene rings is 1. The first-order valence-corrected chi connectivity index (χ1v) is 6.71. The van der Waals surface area contributed by atoms with Crippen LogP contribution in [0.1, 0.15) is 16.1 Å². The molecule has 94 valence electrons. The van der Waals surface area contributed by atoms with Gasteiger partial charge in [0.25, 0.3) is 0 Å². The summed E-state index contributed by atoms with van der Waals surface area (Å²) in [5.41, 5.74) is 0.0328. The van der Waals surface area contributed by atoms with Gasteiger partial charge in [-0.2, -0.15) is 0 Å². The van der Waals surface area contributed by atoms with Gasteiger partial charge in [-0.15, -0.1) is 0 Å². The van der Waals surface area contributed by atoms with Crippen LogP contribution in [0.3, 0.4) is 0 Å². The molecule has 0 amide bonds. The first kappa shape index (κ1) is 12.9. The van der Waals surface area contributed by atoms with Gasteiger partial charge in [0.05, 0.1) is 22.8 Å². The van der Waals surface area contributed by atoms with Gasteiger partial charge >= 0.3 is 5.97 Å². The molecule has 1 heterocycles.